The molecule has 3 rings (SSSR count). The van der Waals surface area contributed by atoms with E-state index in [1.807, 2.05) is 0 Å². The molecule has 0 aliphatic carbocycles. The number of halogens is 1. The Kier molecular flexibility index (Phi) is 4.56. The molecule has 22 heavy (non-hydrogen) atoms. The SMILES string of the molecule is NCC1CN(c2ccc(C3CC[S+]([O-])CC3)c(F)c2)C(=O)O1. The van der Waals surface area contributed by atoms with Gasteiger partial charge in [-0.25, -0.2) is 9.18 Å². The number of amides is 1. The van der Waals surface area contributed by atoms with Crippen molar-refractivity contribution in [1.82, 2.24) is 0 Å². The Hall–Kier alpha value is -1.31. The Balaban J connectivity index is 1.76. The topological polar surface area (TPSA) is 78.6 Å². The van der Waals surface area contributed by atoms with Crippen molar-refractivity contribution in [1.29, 1.82) is 0 Å². The van der Waals surface area contributed by atoms with Crippen molar-refractivity contribution in [3.05, 3.63) is 29.6 Å². The molecule has 7 heteroatoms. The van der Waals surface area contributed by atoms with Crippen molar-refractivity contribution in [2.75, 3.05) is 29.5 Å². The van der Waals surface area contributed by atoms with Crippen LogP contribution >= 0.6 is 0 Å². The van der Waals surface area contributed by atoms with Crippen LogP contribution in [0.5, 0.6) is 0 Å². The van der Waals surface area contributed by atoms with Crippen molar-refractivity contribution < 1.29 is 18.5 Å². The second kappa shape index (κ2) is 6.44. The number of ether oxygens (including phenoxy) is 1. The molecule has 1 aromatic rings. The third kappa shape index (κ3) is 3.06. The molecule has 0 saturated carbocycles. The largest absolute Gasteiger partial charge is 0.616 e. The molecule has 0 spiro atoms. The number of benzene rings is 1. The molecule has 2 fully saturated rings. The van der Waals surface area contributed by atoms with Gasteiger partial charge in [-0.2, -0.15) is 0 Å². The Morgan fingerprint density at radius 1 is 1.41 bits per heavy atom. The smallest absolute Gasteiger partial charge is 0.414 e. The monoisotopic (exact) mass is 326 g/mol. The minimum Gasteiger partial charge on any atom is -0.616 e. The summed E-state index contributed by atoms with van der Waals surface area (Å²) in [5, 5.41) is 0. The first-order valence-electron chi connectivity index (χ1n) is 7.41. The van der Waals surface area contributed by atoms with Crippen LogP contribution in [-0.2, 0) is 15.9 Å². The van der Waals surface area contributed by atoms with Gasteiger partial charge in [0.1, 0.15) is 23.4 Å². The van der Waals surface area contributed by atoms with Crippen LogP contribution in [0.2, 0.25) is 0 Å². The van der Waals surface area contributed by atoms with Gasteiger partial charge in [-0.15, -0.1) is 0 Å². The molecule has 0 aromatic heterocycles. The highest BCUT2D eigenvalue weighted by molar-refractivity contribution is 7.91. The van der Waals surface area contributed by atoms with Crippen LogP contribution in [0.15, 0.2) is 18.2 Å². The molecule has 1 atom stereocenters. The standard InChI is InChI=1S/C15H19FN2O3S/c16-14-7-11(18-9-12(8-17)21-15(18)19)1-2-13(14)10-3-5-22(20)6-4-10/h1-2,7,10,12H,3-6,8-9,17H2. The van der Waals surface area contributed by atoms with E-state index in [4.69, 9.17) is 10.5 Å². The number of rotatable bonds is 3. The van der Waals surface area contributed by atoms with E-state index in [9.17, 15) is 13.7 Å². The minimum atomic E-state index is -0.761. The van der Waals surface area contributed by atoms with Gasteiger partial charge in [0.05, 0.1) is 12.2 Å². The van der Waals surface area contributed by atoms with Crippen LogP contribution < -0.4 is 10.6 Å². The zero-order valence-electron chi connectivity index (χ0n) is 12.2. The summed E-state index contributed by atoms with van der Waals surface area (Å²) in [5.41, 5.74) is 6.63. The van der Waals surface area contributed by atoms with Gasteiger partial charge in [0.15, 0.2) is 0 Å². The molecule has 1 aromatic carbocycles. The highest BCUT2D eigenvalue weighted by Gasteiger charge is 2.32. The maximum Gasteiger partial charge on any atom is 0.414 e. The number of hydrogen-bond acceptors (Lipinski definition) is 4. The molecule has 2 aliphatic rings. The van der Waals surface area contributed by atoms with E-state index in [-0.39, 0.29) is 24.4 Å². The second-order valence-electron chi connectivity index (χ2n) is 5.68. The van der Waals surface area contributed by atoms with Gasteiger partial charge in [-0.3, -0.25) is 4.90 Å². The number of nitrogens with zero attached hydrogens (tertiary/aromatic N) is 1. The summed E-state index contributed by atoms with van der Waals surface area (Å²) in [4.78, 5) is 13.2. The van der Waals surface area contributed by atoms with E-state index in [1.54, 1.807) is 12.1 Å². The van der Waals surface area contributed by atoms with Gasteiger partial charge < -0.3 is 15.0 Å². The molecule has 2 heterocycles. The van der Waals surface area contributed by atoms with Gasteiger partial charge >= 0.3 is 6.09 Å². The predicted octanol–water partition coefficient (Wildman–Crippen LogP) is 1.74. The van der Waals surface area contributed by atoms with Crippen LogP contribution in [0.4, 0.5) is 14.9 Å². The van der Waals surface area contributed by atoms with E-state index in [0.29, 0.717) is 29.3 Å². The van der Waals surface area contributed by atoms with Gasteiger partial charge in [0, 0.05) is 6.54 Å². The highest BCUT2D eigenvalue weighted by Crippen LogP contribution is 2.33. The number of carbonyl (C=O) groups excluding carboxylic acids is 1. The summed E-state index contributed by atoms with van der Waals surface area (Å²) in [6.07, 6.45) is 0.646. The van der Waals surface area contributed by atoms with Crippen molar-refractivity contribution in [3.8, 4) is 0 Å². The lowest BCUT2D eigenvalue weighted by Crippen LogP contribution is -2.27. The van der Waals surface area contributed by atoms with Gasteiger partial charge in [0.2, 0.25) is 0 Å². The van der Waals surface area contributed by atoms with Crippen molar-refractivity contribution in [2.24, 2.45) is 5.73 Å². The van der Waals surface area contributed by atoms with Crippen molar-refractivity contribution in [3.63, 3.8) is 0 Å². The summed E-state index contributed by atoms with van der Waals surface area (Å²) in [5.74, 6) is 1.04. The van der Waals surface area contributed by atoms with Gasteiger partial charge in [-0.05, 0) is 36.5 Å². The molecule has 2 aliphatic heterocycles. The highest BCUT2D eigenvalue weighted by atomic mass is 32.2. The fraction of sp³-hybridized carbons (Fsp3) is 0.533. The first kappa shape index (κ1) is 15.6. The van der Waals surface area contributed by atoms with Crippen LogP contribution in [0.1, 0.15) is 24.3 Å². The minimum absolute atomic E-state index is 0.106. The lowest BCUT2D eigenvalue weighted by molar-refractivity contribution is 0.145. The van der Waals surface area contributed by atoms with E-state index in [2.05, 4.69) is 0 Å². The third-order valence-electron chi connectivity index (χ3n) is 4.26. The van der Waals surface area contributed by atoms with Crippen LogP contribution in [0.3, 0.4) is 0 Å². The molecule has 0 radical (unpaired) electrons. The first-order valence-corrected chi connectivity index (χ1v) is 8.90. The molecular formula is C15H19FN2O3S. The second-order valence-corrected chi connectivity index (χ2v) is 7.38. The number of anilines is 1. The zero-order chi connectivity index (χ0) is 15.7. The maximum absolute atomic E-state index is 14.4. The number of cyclic esters (lactones) is 1. The third-order valence-corrected chi connectivity index (χ3v) is 5.64. The molecule has 5 nitrogen and oxygen atoms in total. The number of hydrogen-bond donors (Lipinski definition) is 1. The van der Waals surface area contributed by atoms with Crippen LogP contribution in [0.25, 0.3) is 0 Å². The van der Waals surface area contributed by atoms with Gasteiger partial charge in [-0.1, -0.05) is 17.2 Å². The first-order chi connectivity index (χ1) is 10.6. The van der Waals surface area contributed by atoms with Crippen molar-refractivity contribution in [2.45, 2.75) is 24.9 Å². The Morgan fingerprint density at radius 2 is 2.14 bits per heavy atom. The molecule has 1 amide bonds. The van der Waals surface area contributed by atoms with E-state index in [0.717, 1.165) is 12.8 Å². The summed E-state index contributed by atoms with van der Waals surface area (Å²) in [6.45, 7) is 0.596. The lowest BCUT2D eigenvalue weighted by atomic mass is 9.93. The molecule has 2 N–H and O–H groups in total. The molecule has 120 valence electrons. The normalized spacial score (nSPS) is 28.8. The molecule has 1 unspecified atom stereocenters. The predicted molar refractivity (Wildman–Crippen MR) is 82.9 cm³/mol. The Labute approximate surface area is 131 Å². The quantitative estimate of drug-likeness (QED) is 0.858. The zero-order valence-corrected chi connectivity index (χ0v) is 13.0. The molecule has 2 saturated heterocycles. The lowest BCUT2D eigenvalue weighted by Gasteiger charge is -2.25. The van der Waals surface area contributed by atoms with Crippen LogP contribution in [0, 0.1) is 5.82 Å². The van der Waals surface area contributed by atoms with Crippen molar-refractivity contribution >= 4 is 23.0 Å². The Morgan fingerprint density at radius 3 is 2.73 bits per heavy atom. The van der Waals surface area contributed by atoms with E-state index >= 15 is 0 Å². The molecular weight excluding hydrogens is 307 g/mol. The summed E-state index contributed by atoms with van der Waals surface area (Å²) >= 11 is -0.761. The number of carbonyl (C=O) groups is 1. The maximum atomic E-state index is 14.4. The van der Waals surface area contributed by atoms with Crippen LogP contribution in [-0.4, -0.2) is 41.3 Å². The summed E-state index contributed by atoms with van der Waals surface area (Å²) in [7, 11) is 0. The fourth-order valence-corrected chi connectivity index (χ4v) is 4.27. The average Bonchev–Trinajstić information content (AvgIpc) is 2.89. The van der Waals surface area contributed by atoms with E-state index in [1.165, 1.54) is 11.0 Å². The average molecular weight is 326 g/mol. The fourth-order valence-electron chi connectivity index (χ4n) is 2.97. The molecule has 0 bridgehead atoms. The van der Waals surface area contributed by atoms with Gasteiger partial charge in [0.25, 0.3) is 0 Å². The number of nitrogens with two attached hydrogens (primary N) is 1. The summed E-state index contributed by atoms with van der Waals surface area (Å²) < 4.78 is 30.9. The van der Waals surface area contributed by atoms with E-state index < -0.39 is 17.3 Å². The Bertz CT molecular complexity index is 564. The summed E-state index contributed by atoms with van der Waals surface area (Å²) in [6, 6.07) is 4.85.